The lowest BCUT2D eigenvalue weighted by atomic mass is 10.1. The monoisotopic (exact) mass is 385 g/mol. The standard InChI is InChI=1S/C16H12ClN7O3/c1-10(11-3-2-4-12(7-11)23-9-18-21-22-23)19-20-16(25)14-6-5-13(24(26)27)8-15(14)17/h2-9H,1H3,(H,20,25). The second-order valence-electron chi connectivity index (χ2n) is 5.36. The summed E-state index contributed by atoms with van der Waals surface area (Å²) in [5.41, 5.74) is 4.29. The second kappa shape index (κ2) is 7.70. The zero-order valence-corrected chi connectivity index (χ0v) is 14.7. The van der Waals surface area contributed by atoms with E-state index in [9.17, 15) is 14.9 Å². The van der Waals surface area contributed by atoms with Crippen LogP contribution in [0.5, 0.6) is 0 Å². The molecule has 0 bridgehead atoms. The summed E-state index contributed by atoms with van der Waals surface area (Å²) in [7, 11) is 0. The molecule has 0 saturated carbocycles. The number of aromatic nitrogens is 4. The highest BCUT2D eigenvalue weighted by molar-refractivity contribution is 6.34. The molecule has 1 aromatic heterocycles. The largest absolute Gasteiger partial charge is 0.272 e. The molecular formula is C16H12ClN7O3. The first-order chi connectivity index (χ1) is 13.0. The van der Waals surface area contributed by atoms with Crippen molar-refractivity contribution in [2.75, 3.05) is 0 Å². The fraction of sp³-hybridized carbons (Fsp3) is 0.0625. The van der Waals surface area contributed by atoms with Gasteiger partial charge in [0.05, 0.1) is 26.9 Å². The van der Waals surface area contributed by atoms with Crippen molar-refractivity contribution in [2.24, 2.45) is 5.10 Å². The third-order valence-electron chi connectivity index (χ3n) is 3.61. The number of nitrogens with one attached hydrogen (secondary N) is 1. The zero-order chi connectivity index (χ0) is 19.4. The predicted molar refractivity (Wildman–Crippen MR) is 96.9 cm³/mol. The fourth-order valence-electron chi connectivity index (χ4n) is 2.21. The molecule has 0 radical (unpaired) electrons. The first-order valence-corrected chi connectivity index (χ1v) is 7.96. The number of nitro benzene ring substituents is 1. The Kier molecular flexibility index (Phi) is 5.18. The van der Waals surface area contributed by atoms with E-state index in [0.717, 1.165) is 17.3 Å². The number of non-ortho nitro benzene ring substituents is 1. The van der Waals surface area contributed by atoms with Gasteiger partial charge in [-0.1, -0.05) is 23.7 Å². The Hall–Kier alpha value is -3.66. The van der Waals surface area contributed by atoms with Crippen LogP contribution in [0.15, 0.2) is 53.9 Å². The number of nitro groups is 1. The maximum atomic E-state index is 12.2. The van der Waals surface area contributed by atoms with Crippen LogP contribution in [-0.2, 0) is 0 Å². The van der Waals surface area contributed by atoms with Gasteiger partial charge in [0.2, 0.25) is 0 Å². The van der Waals surface area contributed by atoms with Gasteiger partial charge in [0, 0.05) is 12.1 Å². The molecule has 1 N–H and O–H groups in total. The van der Waals surface area contributed by atoms with Gasteiger partial charge >= 0.3 is 0 Å². The summed E-state index contributed by atoms with van der Waals surface area (Å²) in [6.07, 6.45) is 1.46. The van der Waals surface area contributed by atoms with E-state index in [2.05, 4.69) is 26.1 Å². The number of halogens is 1. The van der Waals surface area contributed by atoms with Crippen molar-refractivity contribution >= 4 is 28.9 Å². The Bertz CT molecular complexity index is 1030. The number of hydrazone groups is 1. The van der Waals surface area contributed by atoms with Crippen LogP contribution >= 0.6 is 11.6 Å². The molecule has 0 atom stereocenters. The molecule has 0 aliphatic heterocycles. The summed E-state index contributed by atoms with van der Waals surface area (Å²) in [4.78, 5) is 22.4. The van der Waals surface area contributed by atoms with Crippen LogP contribution in [-0.4, -0.2) is 36.7 Å². The Balaban J connectivity index is 1.77. The summed E-state index contributed by atoms with van der Waals surface area (Å²) in [6, 6.07) is 10.8. The SMILES string of the molecule is CC(=NNC(=O)c1ccc([N+](=O)[O-])cc1Cl)c1cccc(-n2cnnn2)c1. The number of carbonyl (C=O) groups is 1. The van der Waals surface area contributed by atoms with Crippen molar-refractivity contribution in [3.05, 3.63) is 75.1 Å². The van der Waals surface area contributed by atoms with E-state index in [1.54, 1.807) is 19.1 Å². The van der Waals surface area contributed by atoms with Crippen molar-refractivity contribution in [1.82, 2.24) is 25.6 Å². The maximum absolute atomic E-state index is 12.2. The topological polar surface area (TPSA) is 128 Å². The van der Waals surface area contributed by atoms with Crippen LogP contribution in [0.3, 0.4) is 0 Å². The normalized spacial score (nSPS) is 11.3. The number of amides is 1. The summed E-state index contributed by atoms with van der Waals surface area (Å²) in [5.74, 6) is -0.578. The molecule has 11 heteroatoms. The molecule has 0 spiro atoms. The average molecular weight is 386 g/mol. The Morgan fingerprint density at radius 2 is 2.11 bits per heavy atom. The van der Waals surface area contributed by atoms with Gasteiger partial charge in [-0.25, -0.2) is 10.1 Å². The van der Waals surface area contributed by atoms with Crippen molar-refractivity contribution in [3.8, 4) is 5.69 Å². The first kappa shape index (κ1) is 18.1. The van der Waals surface area contributed by atoms with Gasteiger partial charge in [-0.15, -0.1) is 5.10 Å². The second-order valence-corrected chi connectivity index (χ2v) is 5.77. The Morgan fingerprint density at radius 3 is 2.78 bits per heavy atom. The summed E-state index contributed by atoms with van der Waals surface area (Å²) >= 11 is 5.94. The number of tetrazole rings is 1. The average Bonchev–Trinajstić information content (AvgIpc) is 3.20. The number of rotatable bonds is 5. The van der Waals surface area contributed by atoms with Gasteiger partial charge in [-0.05, 0) is 41.1 Å². The number of benzene rings is 2. The van der Waals surface area contributed by atoms with Gasteiger partial charge in [-0.2, -0.15) is 5.10 Å². The lowest BCUT2D eigenvalue weighted by molar-refractivity contribution is -0.384. The summed E-state index contributed by atoms with van der Waals surface area (Å²) in [5, 5.41) is 25.7. The molecule has 0 saturated heterocycles. The zero-order valence-electron chi connectivity index (χ0n) is 13.9. The molecule has 0 aliphatic rings. The van der Waals surface area contributed by atoms with Crippen LogP contribution in [0.2, 0.25) is 5.02 Å². The van der Waals surface area contributed by atoms with E-state index >= 15 is 0 Å². The van der Waals surface area contributed by atoms with E-state index < -0.39 is 10.8 Å². The van der Waals surface area contributed by atoms with Crippen LogP contribution in [0.25, 0.3) is 5.69 Å². The van der Waals surface area contributed by atoms with Crippen LogP contribution in [0, 0.1) is 10.1 Å². The van der Waals surface area contributed by atoms with Crippen molar-refractivity contribution < 1.29 is 9.72 Å². The van der Waals surface area contributed by atoms with E-state index in [-0.39, 0.29) is 16.3 Å². The molecule has 136 valence electrons. The highest BCUT2D eigenvalue weighted by atomic mass is 35.5. The van der Waals surface area contributed by atoms with Gasteiger partial charge in [0.25, 0.3) is 11.6 Å². The van der Waals surface area contributed by atoms with Crippen molar-refractivity contribution in [2.45, 2.75) is 6.92 Å². The summed E-state index contributed by atoms with van der Waals surface area (Å²) in [6.45, 7) is 1.72. The number of nitrogens with zero attached hydrogens (tertiary/aromatic N) is 6. The highest BCUT2D eigenvalue weighted by Crippen LogP contribution is 2.22. The Labute approximate surface area is 157 Å². The smallest absolute Gasteiger partial charge is 0.267 e. The van der Waals surface area contributed by atoms with Gasteiger partial charge < -0.3 is 0 Å². The summed E-state index contributed by atoms with van der Waals surface area (Å²) < 4.78 is 1.49. The van der Waals surface area contributed by atoms with Crippen LogP contribution in [0.4, 0.5) is 5.69 Å². The molecule has 2 aromatic carbocycles. The molecular weight excluding hydrogens is 374 g/mol. The van der Waals surface area contributed by atoms with Gasteiger partial charge in [0.1, 0.15) is 6.33 Å². The van der Waals surface area contributed by atoms with Gasteiger partial charge in [-0.3, -0.25) is 14.9 Å². The Morgan fingerprint density at radius 1 is 1.30 bits per heavy atom. The minimum atomic E-state index is -0.590. The van der Waals surface area contributed by atoms with Crippen LogP contribution < -0.4 is 5.43 Å². The van der Waals surface area contributed by atoms with Crippen molar-refractivity contribution in [1.29, 1.82) is 0 Å². The van der Waals surface area contributed by atoms with Crippen LogP contribution in [0.1, 0.15) is 22.8 Å². The molecule has 1 amide bonds. The van der Waals surface area contributed by atoms with E-state index in [1.807, 2.05) is 12.1 Å². The number of hydrogen-bond donors (Lipinski definition) is 1. The lowest BCUT2D eigenvalue weighted by Gasteiger charge is -2.06. The van der Waals surface area contributed by atoms with E-state index in [1.165, 1.54) is 23.1 Å². The van der Waals surface area contributed by atoms with Crippen molar-refractivity contribution in [3.63, 3.8) is 0 Å². The maximum Gasteiger partial charge on any atom is 0.272 e. The minimum Gasteiger partial charge on any atom is -0.267 e. The molecule has 10 nitrogen and oxygen atoms in total. The molecule has 0 fully saturated rings. The minimum absolute atomic E-state index is 0.0322. The lowest BCUT2D eigenvalue weighted by Crippen LogP contribution is -2.19. The quantitative estimate of drug-likeness (QED) is 0.408. The molecule has 3 rings (SSSR count). The molecule has 1 heterocycles. The van der Waals surface area contributed by atoms with E-state index in [0.29, 0.717) is 5.71 Å². The number of hydrogen-bond acceptors (Lipinski definition) is 7. The third-order valence-corrected chi connectivity index (χ3v) is 3.92. The predicted octanol–water partition coefficient (Wildman–Crippen LogP) is 2.38. The molecule has 0 unspecified atom stereocenters. The highest BCUT2D eigenvalue weighted by Gasteiger charge is 2.14. The fourth-order valence-corrected chi connectivity index (χ4v) is 2.47. The third kappa shape index (κ3) is 4.12. The number of carbonyl (C=O) groups excluding carboxylic acids is 1. The molecule has 3 aromatic rings. The molecule has 27 heavy (non-hydrogen) atoms. The van der Waals surface area contributed by atoms with Gasteiger partial charge in [0.15, 0.2) is 0 Å². The first-order valence-electron chi connectivity index (χ1n) is 7.58. The molecule has 0 aliphatic carbocycles. The van der Waals surface area contributed by atoms with E-state index in [4.69, 9.17) is 11.6 Å².